The summed E-state index contributed by atoms with van der Waals surface area (Å²) in [6.45, 7) is 3.65. The quantitative estimate of drug-likeness (QED) is 0.829. The molecule has 1 heterocycles. The van der Waals surface area contributed by atoms with Crippen molar-refractivity contribution in [3.8, 4) is 0 Å². The molecule has 0 unspecified atom stereocenters. The molecule has 0 atom stereocenters. The van der Waals surface area contributed by atoms with Crippen molar-refractivity contribution in [3.63, 3.8) is 0 Å². The number of aryl methyl sites for hydroxylation is 1. The van der Waals surface area contributed by atoms with Gasteiger partial charge >= 0.3 is 0 Å². The molecule has 0 saturated carbocycles. The van der Waals surface area contributed by atoms with Gasteiger partial charge in [0.15, 0.2) is 0 Å². The summed E-state index contributed by atoms with van der Waals surface area (Å²) in [5.41, 5.74) is 0.611. The minimum Gasteiger partial charge on any atom is -0.390 e. The number of pyridine rings is 1. The van der Waals surface area contributed by atoms with Crippen LogP contribution in [0.3, 0.4) is 0 Å². The van der Waals surface area contributed by atoms with Gasteiger partial charge in [0, 0.05) is 6.20 Å². The van der Waals surface area contributed by atoms with Crippen LogP contribution in [0, 0.1) is 0 Å². The Bertz CT molecular complexity index is 280. The maximum Gasteiger partial charge on any atom is 0.106 e. The molecule has 1 aromatic rings. The summed E-state index contributed by atoms with van der Waals surface area (Å²) >= 11 is 3.31. The van der Waals surface area contributed by atoms with Gasteiger partial charge in [0.05, 0.1) is 5.60 Å². The average Bonchev–Trinajstić information content (AvgIpc) is 2.00. The van der Waals surface area contributed by atoms with Crippen molar-refractivity contribution in [2.45, 2.75) is 32.3 Å². The summed E-state index contributed by atoms with van der Waals surface area (Å²) in [6, 6.07) is 3.95. The molecule has 13 heavy (non-hydrogen) atoms. The summed E-state index contributed by atoms with van der Waals surface area (Å²) in [7, 11) is 0. The minimum absolute atomic E-state index is 0.588. The molecule has 0 aromatic carbocycles. The third-order valence-corrected chi connectivity index (χ3v) is 2.25. The molecule has 0 radical (unpaired) electrons. The molecule has 0 bridgehead atoms. The number of nitrogens with zero attached hydrogens (tertiary/aromatic N) is 1. The smallest absolute Gasteiger partial charge is 0.106 e. The lowest BCUT2D eigenvalue weighted by molar-refractivity contribution is 0.0714. The molecule has 3 heteroatoms. The predicted octanol–water partition coefficient (Wildman–Crippen LogP) is 2.55. The van der Waals surface area contributed by atoms with Gasteiger partial charge in [0.25, 0.3) is 0 Å². The van der Waals surface area contributed by atoms with Crippen LogP contribution in [0.4, 0.5) is 0 Å². The second-order valence-corrected chi connectivity index (χ2v) is 4.61. The van der Waals surface area contributed by atoms with Crippen LogP contribution in [0.15, 0.2) is 22.9 Å². The minimum atomic E-state index is -0.588. The van der Waals surface area contributed by atoms with E-state index in [0.29, 0.717) is 0 Å². The zero-order valence-corrected chi connectivity index (χ0v) is 9.50. The van der Waals surface area contributed by atoms with E-state index in [4.69, 9.17) is 0 Å². The predicted molar refractivity (Wildman–Crippen MR) is 56.6 cm³/mol. The van der Waals surface area contributed by atoms with E-state index in [1.54, 1.807) is 6.20 Å². The first-order chi connectivity index (χ1) is 5.97. The van der Waals surface area contributed by atoms with Crippen LogP contribution in [0.1, 0.15) is 25.8 Å². The Morgan fingerprint density at radius 2 is 2.23 bits per heavy atom. The first kappa shape index (κ1) is 10.7. The van der Waals surface area contributed by atoms with Crippen LogP contribution >= 0.6 is 15.9 Å². The van der Waals surface area contributed by atoms with Crippen LogP contribution in [-0.2, 0) is 6.42 Å². The van der Waals surface area contributed by atoms with E-state index in [0.717, 1.165) is 17.4 Å². The summed E-state index contributed by atoms with van der Waals surface area (Å²) in [4.78, 5) is 4.04. The number of aliphatic hydroxyl groups is 1. The molecule has 2 nitrogen and oxygen atoms in total. The highest BCUT2D eigenvalue weighted by atomic mass is 79.9. The van der Waals surface area contributed by atoms with E-state index in [2.05, 4.69) is 20.9 Å². The molecule has 0 aliphatic heterocycles. The zero-order valence-electron chi connectivity index (χ0n) is 7.92. The van der Waals surface area contributed by atoms with Crippen molar-refractivity contribution in [2.24, 2.45) is 0 Å². The fraction of sp³-hybridized carbons (Fsp3) is 0.500. The molecular formula is C10H14BrNO. The van der Waals surface area contributed by atoms with E-state index in [-0.39, 0.29) is 0 Å². The monoisotopic (exact) mass is 243 g/mol. The highest BCUT2D eigenvalue weighted by Gasteiger charge is 2.11. The van der Waals surface area contributed by atoms with Gasteiger partial charge in [-0.25, -0.2) is 4.98 Å². The Morgan fingerprint density at radius 1 is 1.54 bits per heavy atom. The topological polar surface area (TPSA) is 33.1 Å². The largest absolute Gasteiger partial charge is 0.390 e. The van der Waals surface area contributed by atoms with E-state index in [1.807, 2.05) is 26.0 Å². The Hall–Kier alpha value is -0.410. The number of aromatic nitrogens is 1. The highest BCUT2D eigenvalue weighted by molar-refractivity contribution is 9.10. The van der Waals surface area contributed by atoms with Gasteiger partial charge in [-0.2, -0.15) is 0 Å². The van der Waals surface area contributed by atoms with Crippen molar-refractivity contribution in [2.75, 3.05) is 0 Å². The van der Waals surface area contributed by atoms with Gasteiger partial charge in [0.2, 0.25) is 0 Å². The molecule has 0 saturated heterocycles. The van der Waals surface area contributed by atoms with Crippen LogP contribution in [0.5, 0.6) is 0 Å². The van der Waals surface area contributed by atoms with E-state index >= 15 is 0 Å². The second-order valence-electron chi connectivity index (χ2n) is 3.80. The van der Waals surface area contributed by atoms with E-state index in [1.165, 1.54) is 5.56 Å². The molecule has 72 valence electrons. The van der Waals surface area contributed by atoms with Crippen molar-refractivity contribution in [3.05, 3.63) is 28.5 Å². The maximum atomic E-state index is 9.52. The Labute approximate surface area is 87.1 Å². The number of hydrogen-bond donors (Lipinski definition) is 1. The molecular weight excluding hydrogens is 230 g/mol. The number of halogens is 1. The van der Waals surface area contributed by atoms with Crippen LogP contribution in [-0.4, -0.2) is 15.7 Å². The van der Waals surface area contributed by atoms with Crippen molar-refractivity contribution >= 4 is 15.9 Å². The summed E-state index contributed by atoms with van der Waals surface area (Å²) in [5, 5.41) is 9.52. The Balaban J connectivity index is 2.55. The third-order valence-electron chi connectivity index (χ3n) is 1.82. The summed E-state index contributed by atoms with van der Waals surface area (Å²) in [5.74, 6) is 0. The lowest BCUT2D eigenvalue weighted by Gasteiger charge is -2.16. The summed E-state index contributed by atoms with van der Waals surface area (Å²) in [6.07, 6.45) is 3.41. The SMILES string of the molecule is CC(C)(O)CCc1ccnc(Br)c1. The molecule has 1 aromatic heterocycles. The van der Waals surface area contributed by atoms with Crippen LogP contribution < -0.4 is 0 Å². The Morgan fingerprint density at radius 3 is 2.77 bits per heavy atom. The first-order valence-corrected chi connectivity index (χ1v) is 5.09. The fourth-order valence-electron chi connectivity index (χ4n) is 1.05. The van der Waals surface area contributed by atoms with Crippen LogP contribution in [0.25, 0.3) is 0 Å². The summed E-state index contributed by atoms with van der Waals surface area (Å²) < 4.78 is 0.848. The van der Waals surface area contributed by atoms with Gasteiger partial charge in [-0.05, 0) is 60.3 Å². The number of hydrogen-bond acceptors (Lipinski definition) is 2. The maximum absolute atomic E-state index is 9.52. The van der Waals surface area contributed by atoms with E-state index in [9.17, 15) is 5.11 Å². The fourth-order valence-corrected chi connectivity index (χ4v) is 1.46. The lowest BCUT2D eigenvalue weighted by atomic mass is 10.00. The number of rotatable bonds is 3. The molecule has 1 N–H and O–H groups in total. The van der Waals surface area contributed by atoms with E-state index < -0.39 is 5.60 Å². The second kappa shape index (κ2) is 4.20. The zero-order chi connectivity index (χ0) is 9.90. The standard InChI is InChI=1S/C10H14BrNO/c1-10(2,13)5-3-8-4-6-12-9(11)7-8/h4,6-7,13H,3,5H2,1-2H3. The van der Waals surface area contributed by atoms with Gasteiger partial charge < -0.3 is 5.11 Å². The van der Waals surface area contributed by atoms with Crippen molar-refractivity contribution < 1.29 is 5.11 Å². The molecule has 1 rings (SSSR count). The molecule has 0 amide bonds. The van der Waals surface area contributed by atoms with Gasteiger partial charge in [-0.1, -0.05) is 0 Å². The Kier molecular flexibility index (Phi) is 3.45. The average molecular weight is 244 g/mol. The third kappa shape index (κ3) is 4.39. The lowest BCUT2D eigenvalue weighted by Crippen LogP contribution is -2.19. The highest BCUT2D eigenvalue weighted by Crippen LogP contribution is 2.14. The van der Waals surface area contributed by atoms with Gasteiger partial charge in [-0.3, -0.25) is 0 Å². The first-order valence-electron chi connectivity index (χ1n) is 4.30. The van der Waals surface area contributed by atoms with Crippen LogP contribution in [0.2, 0.25) is 0 Å². The van der Waals surface area contributed by atoms with Crippen molar-refractivity contribution in [1.82, 2.24) is 4.98 Å². The van der Waals surface area contributed by atoms with Gasteiger partial charge in [-0.15, -0.1) is 0 Å². The molecule has 0 aliphatic carbocycles. The molecule has 0 spiro atoms. The van der Waals surface area contributed by atoms with Crippen molar-refractivity contribution in [1.29, 1.82) is 0 Å². The van der Waals surface area contributed by atoms with Gasteiger partial charge in [0.1, 0.15) is 4.60 Å². The molecule has 0 fully saturated rings. The molecule has 0 aliphatic rings. The normalized spacial score (nSPS) is 11.7.